The number of hydrogen-bond acceptors (Lipinski definition) is 2. The lowest BCUT2D eigenvalue weighted by molar-refractivity contribution is -0.139. The predicted molar refractivity (Wildman–Crippen MR) is 87.5 cm³/mol. The van der Waals surface area contributed by atoms with Crippen LogP contribution in [0, 0.1) is 17.7 Å². The first-order valence-electron chi connectivity index (χ1n) is 7.89. The third-order valence-corrected chi connectivity index (χ3v) is 4.22. The molecule has 1 amide bonds. The Kier molecular flexibility index (Phi) is 6.73. The lowest BCUT2D eigenvalue weighted by Crippen LogP contribution is -2.51. The molecule has 1 aromatic carbocycles. The fraction of sp³-hybridized carbons (Fsp3) is 0.556. The van der Waals surface area contributed by atoms with E-state index in [4.69, 9.17) is 5.11 Å². The molecular weight excluding hydrogens is 297 g/mol. The molecule has 0 bridgehead atoms. The molecule has 0 radical (unpaired) electrons. The van der Waals surface area contributed by atoms with Gasteiger partial charge in [0, 0.05) is 12.0 Å². The lowest BCUT2D eigenvalue weighted by Gasteiger charge is -2.34. The average Bonchev–Trinajstić information content (AvgIpc) is 2.36. The van der Waals surface area contributed by atoms with Crippen LogP contribution in [0.2, 0.25) is 0 Å². The highest BCUT2D eigenvalue weighted by molar-refractivity contribution is 5.78. The second kappa shape index (κ2) is 8.09. The Hall–Kier alpha value is -1.91. The van der Waals surface area contributed by atoms with Crippen LogP contribution in [0.15, 0.2) is 24.3 Å². The van der Waals surface area contributed by atoms with Gasteiger partial charge in [0.1, 0.15) is 5.82 Å². The number of carboxylic acids is 1. The second-order valence-electron chi connectivity index (χ2n) is 6.83. The third-order valence-electron chi connectivity index (χ3n) is 4.22. The highest BCUT2D eigenvalue weighted by Crippen LogP contribution is 2.22. The first-order valence-corrected chi connectivity index (χ1v) is 7.89. The van der Waals surface area contributed by atoms with Gasteiger partial charge in [0.25, 0.3) is 0 Å². The number of hydrogen-bond donors (Lipinski definition) is 2. The molecule has 2 unspecified atom stereocenters. The van der Waals surface area contributed by atoms with Crippen molar-refractivity contribution in [3.63, 3.8) is 0 Å². The van der Waals surface area contributed by atoms with Crippen LogP contribution in [0.3, 0.4) is 0 Å². The minimum atomic E-state index is -0.936. The molecule has 0 saturated heterocycles. The van der Waals surface area contributed by atoms with Crippen LogP contribution < -0.4 is 5.32 Å². The second-order valence-corrected chi connectivity index (χ2v) is 6.83. The van der Waals surface area contributed by atoms with E-state index in [-0.39, 0.29) is 36.4 Å². The minimum Gasteiger partial charge on any atom is -0.481 e. The van der Waals surface area contributed by atoms with Gasteiger partial charge < -0.3 is 10.4 Å². The summed E-state index contributed by atoms with van der Waals surface area (Å²) >= 11 is 0. The maximum Gasteiger partial charge on any atom is 0.305 e. The van der Waals surface area contributed by atoms with Gasteiger partial charge in [0.2, 0.25) is 5.91 Å². The molecular formula is C18H26FNO3. The summed E-state index contributed by atoms with van der Waals surface area (Å²) in [4.78, 5) is 23.2. The number of amides is 1. The van der Waals surface area contributed by atoms with Gasteiger partial charge in [0.05, 0.1) is 6.42 Å². The molecule has 2 atom stereocenters. The standard InChI is InChI=1S/C18H26FNO3/c1-12(2)18(4,11-17(22)23)20-16(21)9-13(3)8-14-6-5-7-15(19)10-14/h5-7,10,12-13H,8-9,11H2,1-4H3,(H,20,21)(H,22,23). The van der Waals surface area contributed by atoms with E-state index >= 15 is 0 Å². The van der Waals surface area contributed by atoms with E-state index in [1.807, 2.05) is 26.8 Å². The summed E-state index contributed by atoms with van der Waals surface area (Å²) in [6, 6.07) is 6.35. The highest BCUT2D eigenvalue weighted by atomic mass is 19.1. The van der Waals surface area contributed by atoms with Gasteiger partial charge in [-0.3, -0.25) is 9.59 Å². The Morgan fingerprint density at radius 2 is 1.96 bits per heavy atom. The summed E-state index contributed by atoms with van der Waals surface area (Å²) in [6.45, 7) is 7.45. The molecule has 0 fully saturated rings. The quantitative estimate of drug-likeness (QED) is 0.770. The molecule has 0 saturated carbocycles. The van der Waals surface area contributed by atoms with Gasteiger partial charge in [-0.05, 0) is 42.9 Å². The van der Waals surface area contributed by atoms with Crippen molar-refractivity contribution in [3.8, 4) is 0 Å². The number of benzene rings is 1. The van der Waals surface area contributed by atoms with Crippen molar-refractivity contribution in [2.24, 2.45) is 11.8 Å². The van der Waals surface area contributed by atoms with Crippen molar-refractivity contribution in [1.82, 2.24) is 5.32 Å². The van der Waals surface area contributed by atoms with Gasteiger partial charge >= 0.3 is 5.97 Å². The average molecular weight is 323 g/mol. The van der Waals surface area contributed by atoms with E-state index in [0.717, 1.165) is 5.56 Å². The van der Waals surface area contributed by atoms with Crippen molar-refractivity contribution in [3.05, 3.63) is 35.6 Å². The zero-order chi connectivity index (χ0) is 17.6. The Labute approximate surface area is 137 Å². The number of carbonyl (C=O) groups is 2. The third kappa shape index (κ3) is 6.38. The Balaban J connectivity index is 2.62. The molecule has 23 heavy (non-hydrogen) atoms. The van der Waals surface area contributed by atoms with Crippen LogP contribution in [-0.2, 0) is 16.0 Å². The van der Waals surface area contributed by atoms with Crippen molar-refractivity contribution in [2.75, 3.05) is 0 Å². The van der Waals surface area contributed by atoms with Gasteiger partial charge in [0.15, 0.2) is 0 Å². The fourth-order valence-corrected chi connectivity index (χ4v) is 2.53. The fourth-order valence-electron chi connectivity index (χ4n) is 2.53. The number of rotatable bonds is 8. The molecule has 2 N–H and O–H groups in total. The molecule has 0 aliphatic heterocycles. The molecule has 0 aromatic heterocycles. The maximum atomic E-state index is 13.2. The normalized spacial score (nSPS) is 15.0. The van der Waals surface area contributed by atoms with E-state index < -0.39 is 11.5 Å². The van der Waals surface area contributed by atoms with Crippen molar-refractivity contribution < 1.29 is 19.1 Å². The largest absolute Gasteiger partial charge is 0.481 e. The van der Waals surface area contributed by atoms with E-state index in [9.17, 15) is 14.0 Å². The van der Waals surface area contributed by atoms with Crippen LogP contribution in [0.5, 0.6) is 0 Å². The van der Waals surface area contributed by atoms with E-state index in [0.29, 0.717) is 6.42 Å². The summed E-state index contributed by atoms with van der Waals surface area (Å²) in [5.41, 5.74) is 0.0732. The number of carboxylic acid groups (broad SMARTS) is 1. The smallest absolute Gasteiger partial charge is 0.305 e. The topological polar surface area (TPSA) is 66.4 Å². The number of halogens is 1. The molecule has 0 aliphatic carbocycles. The Bertz CT molecular complexity index is 559. The molecule has 1 rings (SSSR count). The summed E-state index contributed by atoms with van der Waals surface area (Å²) < 4.78 is 13.2. The molecule has 4 nitrogen and oxygen atoms in total. The first-order chi connectivity index (χ1) is 10.6. The first kappa shape index (κ1) is 19.1. The molecule has 0 aliphatic rings. The molecule has 0 spiro atoms. The zero-order valence-electron chi connectivity index (χ0n) is 14.2. The minimum absolute atomic E-state index is 0.000996. The monoisotopic (exact) mass is 323 g/mol. The summed E-state index contributed by atoms with van der Waals surface area (Å²) in [5, 5.41) is 11.9. The SMILES string of the molecule is CC(CC(=O)NC(C)(CC(=O)O)C(C)C)Cc1cccc(F)c1. The van der Waals surface area contributed by atoms with Crippen LogP contribution in [0.1, 0.15) is 46.1 Å². The maximum absolute atomic E-state index is 13.2. The van der Waals surface area contributed by atoms with Gasteiger partial charge in [-0.25, -0.2) is 4.39 Å². The summed E-state index contributed by atoms with van der Waals surface area (Å²) in [7, 11) is 0. The lowest BCUT2D eigenvalue weighted by atomic mass is 9.84. The van der Waals surface area contributed by atoms with Gasteiger partial charge in [-0.15, -0.1) is 0 Å². The van der Waals surface area contributed by atoms with Crippen LogP contribution in [-0.4, -0.2) is 22.5 Å². The zero-order valence-corrected chi connectivity index (χ0v) is 14.2. The molecule has 1 aromatic rings. The molecule has 5 heteroatoms. The Morgan fingerprint density at radius 3 is 2.48 bits per heavy atom. The predicted octanol–water partition coefficient (Wildman–Crippen LogP) is 3.40. The number of carbonyl (C=O) groups excluding carboxylic acids is 1. The summed E-state index contributed by atoms with van der Waals surface area (Å²) in [6.07, 6.45) is 0.760. The van der Waals surface area contributed by atoms with Crippen LogP contribution in [0.25, 0.3) is 0 Å². The molecule has 128 valence electrons. The van der Waals surface area contributed by atoms with E-state index in [2.05, 4.69) is 5.32 Å². The van der Waals surface area contributed by atoms with Gasteiger partial charge in [-0.1, -0.05) is 32.9 Å². The van der Waals surface area contributed by atoms with Crippen LogP contribution >= 0.6 is 0 Å². The van der Waals surface area contributed by atoms with Crippen LogP contribution in [0.4, 0.5) is 4.39 Å². The molecule has 0 heterocycles. The Morgan fingerprint density at radius 1 is 1.30 bits per heavy atom. The summed E-state index contributed by atoms with van der Waals surface area (Å²) in [5.74, 6) is -1.35. The van der Waals surface area contributed by atoms with E-state index in [1.165, 1.54) is 12.1 Å². The number of nitrogens with one attached hydrogen (secondary N) is 1. The van der Waals surface area contributed by atoms with Crippen molar-refractivity contribution in [2.45, 2.75) is 52.5 Å². The number of aliphatic carboxylic acids is 1. The van der Waals surface area contributed by atoms with Crippen molar-refractivity contribution in [1.29, 1.82) is 0 Å². The van der Waals surface area contributed by atoms with E-state index in [1.54, 1.807) is 13.0 Å². The van der Waals surface area contributed by atoms with Gasteiger partial charge in [-0.2, -0.15) is 0 Å². The highest BCUT2D eigenvalue weighted by Gasteiger charge is 2.32. The van der Waals surface area contributed by atoms with Crippen molar-refractivity contribution >= 4 is 11.9 Å².